The van der Waals surface area contributed by atoms with E-state index in [4.69, 9.17) is 25.8 Å². The predicted octanol–water partition coefficient (Wildman–Crippen LogP) is 5.84. The number of rotatable bonds is 10. The van der Waals surface area contributed by atoms with Crippen molar-refractivity contribution in [3.63, 3.8) is 0 Å². The molecular formula is C32H31FN4O5. The Labute approximate surface area is 242 Å². The Balaban J connectivity index is 1.06. The standard InChI is InChI=1S/C32H31FN4O5/c1-34-28-17-23(33)6-8-30(28)41-20-21-3-2-4-25(15-21)42-24-9-12-36(13-10-24)19-31-35-27-7-5-22(32(38)39)16-29(27)37(31)18-26-11-14-40-26/h2-8,15-17,24,26H,9-14,18-20H2,(H,38,39)/t26-/m0/s1. The van der Waals surface area contributed by atoms with E-state index in [9.17, 15) is 14.3 Å². The summed E-state index contributed by atoms with van der Waals surface area (Å²) in [6.07, 6.45) is 2.91. The Bertz CT molecular complexity index is 1640. The third-order valence-electron chi connectivity index (χ3n) is 7.79. The van der Waals surface area contributed by atoms with Gasteiger partial charge in [-0.3, -0.25) is 4.90 Å². The summed E-state index contributed by atoms with van der Waals surface area (Å²) in [5.41, 5.74) is 2.91. The number of aromatic carboxylic acids is 1. The Morgan fingerprint density at radius 3 is 2.69 bits per heavy atom. The Hall–Kier alpha value is -4.46. The van der Waals surface area contributed by atoms with Crippen LogP contribution in [0.3, 0.4) is 0 Å². The van der Waals surface area contributed by atoms with Gasteiger partial charge in [-0.15, -0.1) is 0 Å². The molecule has 2 saturated heterocycles. The van der Waals surface area contributed by atoms with Crippen LogP contribution < -0.4 is 9.47 Å². The van der Waals surface area contributed by atoms with Crippen LogP contribution in [0.15, 0.2) is 60.7 Å². The van der Waals surface area contributed by atoms with Gasteiger partial charge in [0.15, 0.2) is 0 Å². The summed E-state index contributed by atoms with van der Waals surface area (Å²) in [6, 6.07) is 16.7. The van der Waals surface area contributed by atoms with Crippen molar-refractivity contribution in [3.8, 4) is 11.5 Å². The molecule has 1 aromatic heterocycles. The highest BCUT2D eigenvalue weighted by Crippen LogP contribution is 2.30. The van der Waals surface area contributed by atoms with E-state index in [1.165, 1.54) is 18.2 Å². The van der Waals surface area contributed by atoms with E-state index >= 15 is 0 Å². The minimum absolute atomic E-state index is 0.0727. The summed E-state index contributed by atoms with van der Waals surface area (Å²) in [4.78, 5) is 22.1. The summed E-state index contributed by atoms with van der Waals surface area (Å²) in [5, 5.41) is 9.49. The van der Waals surface area contributed by atoms with Crippen LogP contribution >= 0.6 is 0 Å². The van der Waals surface area contributed by atoms with Gasteiger partial charge < -0.3 is 23.9 Å². The topological polar surface area (TPSA) is 90.4 Å². The minimum Gasteiger partial charge on any atom is -0.500 e. The number of carboxylic acid groups (broad SMARTS) is 1. The number of piperidine rings is 1. The number of carboxylic acids is 1. The molecule has 9 nitrogen and oxygen atoms in total. The van der Waals surface area contributed by atoms with E-state index in [0.29, 0.717) is 18.8 Å². The second kappa shape index (κ2) is 12.2. The van der Waals surface area contributed by atoms with Crippen molar-refractivity contribution in [1.82, 2.24) is 14.5 Å². The first-order valence-corrected chi connectivity index (χ1v) is 14.1. The van der Waals surface area contributed by atoms with Crippen LogP contribution in [0.4, 0.5) is 10.1 Å². The lowest BCUT2D eigenvalue weighted by Crippen LogP contribution is -2.39. The fraction of sp³-hybridized carbons (Fsp3) is 0.344. The van der Waals surface area contributed by atoms with E-state index in [1.54, 1.807) is 18.2 Å². The number of likely N-dealkylation sites (tertiary alicyclic amines) is 1. The molecular weight excluding hydrogens is 539 g/mol. The quantitative estimate of drug-likeness (QED) is 0.240. The molecule has 0 amide bonds. The summed E-state index contributed by atoms with van der Waals surface area (Å²) >= 11 is 0. The van der Waals surface area contributed by atoms with Crippen molar-refractivity contribution in [2.45, 2.75) is 51.2 Å². The number of benzene rings is 3. The van der Waals surface area contributed by atoms with Crippen molar-refractivity contribution in [1.29, 1.82) is 0 Å². The predicted molar refractivity (Wildman–Crippen MR) is 153 cm³/mol. The number of aromatic nitrogens is 2. The zero-order valence-electron chi connectivity index (χ0n) is 23.0. The largest absolute Gasteiger partial charge is 0.500 e. The van der Waals surface area contributed by atoms with Gasteiger partial charge >= 0.3 is 5.97 Å². The molecule has 0 spiro atoms. The fourth-order valence-corrected chi connectivity index (χ4v) is 5.41. The maximum absolute atomic E-state index is 13.4. The van der Waals surface area contributed by atoms with Gasteiger partial charge in [0.25, 0.3) is 0 Å². The molecule has 0 aliphatic carbocycles. The maximum Gasteiger partial charge on any atom is 0.335 e. The van der Waals surface area contributed by atoms with Crippen molar-refractivity contribution in [2.75, 3.05) is 19.7 Å². The molecule has 6 rings (SSSR count). The molecule has 216 valence electrons. The number of carbonyl (C=O) groups is 1. The Morgan fingerprint density at radius 1 is 1.12 bits per heavy atom. The maximum atomic E-state index is 13.4. The lowest BCUT2D eigenvalue weighted by Gasteiger charge is -2.32. The van der Waals surface area contributed by atoms with Crippen LogP contribution in [0.5, 0.6) is 11.5 Å². The average Bonchev–Trinajstić information content (AvgIpc) is 3.31. The Morgan fingerprint density at radius 2 is 1.95 bits per heavy atom. The number of fused-ring (bicyclic) bond motifs is 1. The zero-order valence-corrected chi connectivity index (χ0v) is 23.0. The van der Waals surface area contributed by atoms with Gasteiger partial charge in [0.1, 0.15) is 35.9 Å². The van der Waals surface area contributed by atoms with Gasteiger partial charge in [-0.05, 0) is 73.4 Å². The molecule has 1 atom stereocenters. The molecule has 0 unspecified atom stereocenters. The van der Waals surface area contributed by atoms with Crippen LogP contribution in [-0.4, -0.2) is 57.4 Å². The van der Waals surface area contributed by atoms with Crippen LogP contribution in [0.1, 0.15) is 41.0 Å². The van der Waals surface area contributed by atoms with Crippen LogP contribution in [-0.2, 0) is 24.4 Å². The molecule has 3 heterocycles. The molecule has 0 bridgehead atoms. The molecule has 10 heteroatoms. The molecule has 4 aromatic rings. The summed E-state index contributed by atoms with van der Waals surface area (Å²) in [6.45, 7) is 11.3. The zero-order chi connectivity index (χ0) is 29.1. The molecule has 2 aliphatic heterocycles. The van der Waals surface area contributed by atoms with E-state index in [1.807, 2.05) is 24.3 Å². The first-order valence-electron chi connectivity index (χ1n) is 14.1. The van der Waals surface area contributed by atoms with Crippen LogP contribution in [0.2, 0.25) is 0 Å². The van der Waals surface area contributed by atoms with Gasteiger partial charge in [0.2, 0.25) is 5.69 Å². The second-order valence-electron chi connectivity index (χ2n) is 10.7. The monoisotopic (exact) mass is 570 g/mol. The molecule has 3 aromatic carbocycles. The third kappa shape index (κ3) is 6.22. The summed E-state index contributed by atoms with van der Waals surface area (Å²) < 4.78 is 33.3. The number of imidazole rings is 1. The molecule has 0 saturated carbocycles. The van der Waals surface area contributed by atoms with E-state index in [0.717, 1.165) is 67.1 Å². The van der Waals surface area contributed by atoms with E-state index in [2.05, 4.69) is 14.3 Å². The van der Waals surface area contributed by atoms with Crippen molar-refractivity contribution < 1.29 is 28.5 Å². The SMILES string of the molecule is [C-]#[N+]c1cc(F)ccc1OCc1cccc(OC2CCN(Cc3nc4ccc(C(=O)O)cc4n3C[C@@H]3CCO3)CC2)c1. The van der Waals surface area contributed by atoms with Gasteiger partial charge in [-0.1, -0.05) is 12.1 Å². The van der Waals surface area contributed by atoms with Crippen molar-refractivity contribution in [3.05, 3.63) is 94.8 Å². The minimum atomic E-state index is -0.951. The number of hydrogen-bond donors (Lipinski definition) is 1. The summed E-state index contributed by atoms with van der Waals surface area (Å²) in [7, 11) is 0. The second-order valence-corrected chi connectivity index (χ2v) is 10.7. The lowest BCUT2D eigenvalue weighted by atomic mass is 10.1. The van der Waals surface area contributed by atoms with E-state index < -0.39 is 11.8 Å². The molecule has 1 N–H and O–H groups in total. The summed E-state index contributed by atoms with van der Waals surface area (Å²) in [5.74, 6) is 0.605. The number of halogens is 1. The number of hydrogen-bond acceptors (Lipinski definition) is 6. The van der Waals surface area contributed by atoms with Gasteiger partial charge in [0.05, 0.1) is 42.4 Å². The molecule has 2 aliphatic rings. The fourth-order valence-electron chi connectivity index (χ4n) is 5.41. The normalized spacial score (nSPS) is 17.5. The highest BCUT2D eigenvalue weighted by molar-refractivity contribution is 5.92. The first kappa shape index (κ1) is 27.7. The Kier molecular flexibility index (Phi) is 8.04. The highest BCUT2D eigenvalue weighted by Gasteiger charge is 2.26. The molecule has 2 fully saturated rings. The lowest BCUT2D eigenvalue weighted by molar-refractivity contribution is -0.0592. The van der Waals surface area contributed by atoms with Crippen molar-refractivity contribution in [2.24, 2.45) is 0 Å². The highest BCUT2D eigenvalue weighted by atomic mass is 19.1. The van der Waals surface area contributed by atoms with Gasteiger partial charge in [-0.25, -0.2) is 19.0 Å². The number of nitrogens with zero attached hydrogens (tertiary/aromatic N) is 4. The molecule has 0 radical (unpaired) electrons. The van der Waals surface area contributed by atoms with Crippen molar-refractivity contribution >= 4 is 22.7 Å². The number of ether oxygens (including phenoxy) is 3. The smallest absolute Gasteiger partial charge is 0.335 e. The molecule has 42 heavy (non-hydrogen) atoms. The van der Waals surface area contributed by atoms with Gasteiger partial charge in [-0.2, -0.15) is 0 Å². The average molecular weight is 571 g/mol. The van der Waals surface area contributed by atoms with Gasteiger partial charge in [0, 0.05) is 19.7 Å². The first-order chi connectivity index (χ1) is 20.4. The van der Waals surface area contributed by atoms with Crippen LogP contribution in [0, 0.1) is 12.4 Å². The third-order valence-corrected chi connectivity index (χ3v) is 7.79. The van der Waals surface area contributed by atoms with Crippen LogP contribution in [0.25, 0.3) is 15.9 Å². The van der Waals surface area contributed by atoms with E-state index in [-0.39, 0.29) is 30.1 Å².